The number of β-amino-alcohol motifs (C(OH)–C–C–N with tert-alkyl or cyclic N) is 1. The molecule has 2 bridgehead atoms. The van der Waals surface area contributed by atoms with Crippen molar-refractivity contribution in [3.05, 3.63) is 41.6 Å². The summed E-state index contributed by atoms with van der Waals surface area (Å²) in [4.78, 5) is 14.6. The van der Waals surface area contributed by atoms with E-state index in [4.69, 9.17) is 4.74 Å². The second kappa shape index (κ2) is 10.4. The molecule has 7 rings (SSSR count). The number of likely N-dealkylation sites (tertiary alicyclic amines) is 1. The monoisotopic (exact) mass is 589 g/mol. The van der Waals surface area contributed by atoms with Crippen LogP contribution in [0.25, 0.3) is 10.6 Å². The van der Waals surface area contributed by atoms with E-state index in [2.05, 4.69) is 37.2 Å². The van der Waals surface area contributed by atoms with Crippen molar-refractivity contribution in [2.75, 3.05) is 48.8 Å². The number of alkyl halides is 3. The highest BCUT2D eigenvalue weighted by Crippen LogP contribution is 2.48. The molecule has 2 aromatic heterocycles. The van der Waals surface area contributed by atoms with Gasteiger partial charge in [0.25, 0.3) is 0 Å². The molecule has 212 valence electrons. The van der Waals surface area contributed by atoms with Gasteiger partial charge >= 0.3 is 6.18 Å². The van der Waals surface area contributed by atoms with Crippen LogP contribution in [-0.2, 0) is 6.18 Å². The first-order valence-corrected chi connectivity index (χ1v) is 15.5. The SMILES string of the molecule is OCCN1CC2CC1CN2c1ccc(Nc2ncc(C(F)(F)F)c(-c3cc4c(s3)OCCCS4)n2)c(C2CC2)c1. The molecule has 0 radical (unpaired) electrons. The van der Waals surface area contributed by atoms with Crippen molar-refractivity contribution in [2.45, 2.75) is 54.8 Å². The molecule has 1 saturated carbocycles. The lowest BCUT2D eigenvalue weighted by Crippen LogP contribution is -2.47. The fourth-order valence-electron chi connectivity index (χ4n) is 6.08. The molecular weight excluding hydrogens is 559 g/mol. The Morgan fingerprint density at radius 2 is 2.02 bits per heavy atom. The Morgan fingerprint density at radius 1 is 1.15 bits per heavy atom. The molecule has 0 amide bonds. The number of hydrogen-bond acceptors (Lipinski definition) is 9. The number of nitrogens with zero attached hydrogens (tertiary/aromatic N) is 4. The molecule has 3 fully saturated rings. The van der Waals surface area contributed by atoms with Crippen molar-refractivity contribution in [1.29, 1.82) is 0 Å². The number of fused-ring (bicyclic) bond motifs is 3. The fraction of sp³-hybridized carbons (Fsp3) is 0.500. The number of ether oxygens (including phenoxy) is 1. The number of halogens is 3. The highest BCUT2D eigenvalue weighted by molar-refractivity contribution is 7.99. The Labute approximate surface area is 238 Å². The van der Waals surface area contributed by atoms with Crippen molar-refractivity contribution < 1.29 is 23.0 Å². The van der Waals surface area contributed by atoms with E-state index in [0.29, 0.717) is 34.5 Å². The second-order valence-electron chi connectivity index (χ2n) is 10.9. The molecule has 5 heterocycles. The van der Waals surface area contributed by atoms with Crippen molar-refractivity contribution in [3.63, 3.8) is 0 Å². The Balaban J connectivity index is 1.18. The molecular formula is C28H30F3N5O2S2. The predicted octanol–water partition coefficient (Wildman–Crippen LogP) is 5.97. The summed E-state index contributed by atoms with van der Waals surface area (Å²) in [5.41, 5.74) is 2.19. The molecule has 7 nitrogen and oxygen atoms in total. The number of aliphatic hydroxyl groups is 1. The van der Waals surface area contributed by atoms with Gasteiger partial charge in [-0.25, -0.2) is 9.97 Å². The average molecular weight is 590 g/mol. The molecule has 2 atom stereocenters. The molecule has 3 aliphatic heterocycles. The minimum Gasteiger partial charge on any atom is -0.483 e. The van der Waals surface area contributed by atoms with Crippen LogP contribution in [-0.4, -0.2) is 70.7 Å². The number of nitrogens with one attached hydrogen (secondary N) is 1. The topological polar surface area (TPSA) is 73.8 Å². The second-order valence-corrected chi connectivity index (χ2v) is 13.0. The average Bonchev–Trinajstić information content (AvgIpc) is 3.50. The van der Waals surface area contributed by atoms with Crippen LogP contribution >= 0.6 is 23.1 Å². The van der Waals surface area contributed by atoms with Gasteiger partial charge in [-0.1, -0.05) is 11.3 Å². The molecule has 12 heteroatoms. The minimum atomic E-state index is -4.58. The number of piperazine rings is 1. The maximum Gasteiger partial charge on any atom is 0.420 e. The number of thiophene rings is 1. The minimum absolute atomic E-state index is 0.127. The van der Waals surface area contributed by atoms with Gasteiger partial charge in [0, 0.05) is 55.0 Å². The first-order valence-electron chi connectivity index (χ1n) is 13.7. The summed E-state index contributed by atoms with van der Waals surface area (Å²) in [5, 5.41) is 13.3. The summed E-state index contributed by atoms with van der Waals surface area (Å²) in [5.74, 6) is 1.44. The van der Waals surface area contributed by atoms with Crippen LogP contribution in [0.1, 0.15) is 42.7 Å². The fourth-order valence-corrected chi connectivity index (χ4v) is 8.25. The number of benzene rings is 1. The smallest absolute Gasteiger partial charge is 0.420 e. The van der Waals surface area contributed by atoms with Crippen LogP contribution < -0.4 is 15.0 Å². The van der Waals surface area contributed by atoms with Crippen LogP contribution in [0, 0.1) is 0 Å². The predicted molar refractivity (Wildman–Crippen MR) is 151 cm³/mol. The molecule has 2 unspecified atom stereocenters. The maximum absolute atomic E-state index is 14.0. The summed E-state index contributed by atoms with van der Waals surface area (Å²) < 4.78 is 47.8. The third-order valence-electron chi connectivity index (χ3n) is 8.14. The third kappa shape index (κ3) is 5.03. The van der Waals surface area contributed by atoms with Crippen molar-refractivity contribution in [2.24, 2.45) is 0 Å². The Morgan fingerprint density at radius 3 is 2.77 bits per heavy atom. The number of thioether (sulfide) groups is 1. The quantitative estimate of drug-likeness (QED) is 0.349. The summed E-state index contributed by atoms with van der Waals surface area (Å²) in [6.07, 6.45) is 0.495. The molecule has 0 spiro atoms. The summed E-state index contributed by atoms with van der Waals surface area (Å²) in [7, 11) is 0. The molecule has 4 aliphatic rings. The lowest BCUT2D eigenvalue weighted by Gasteiger charge is -2.35. The van der Waals surface area contributed by atoms with Crippen LogP contribution in [0.2, 0.25) is 0 Å². The zero-order chi connectivity index (χ0) is 27.4. The van der Waals surface area contributed by atoms with Gasteiger partial charge in [0.05, 0.1) is 28.7 Å². The molecule has 2 N–H and O–H groups in total. The van der Waals surface area contributed by atoms with Crippen LogP contribution in [0.15, 0.2) is 35.4 Å². The normalized spacial score (nSPS) is 22.8. The zero-order valence-electron chi connectivity index (χ0n) is 21.8. The van der Waals surface area contributed by atoms with E-state index in [1.165, 1.54) is 17.0 Å². The van der Waals surface area contributed by atoms with E-state index in [0.717, 1.165) is 73.4 Å². The van der Waals surface area contributed by atoms with Gasteiger partial charge in [0.15, 0.2) is 5.06 Å². The van der Waals surface area contributed by atoms with Crippen molar-refractivity contribution in [3.8, 4) is 15.6 Å². The molecule has 1 aliphatic carbocycles. The van der Waals surface area contributed by atoms with E-state index in [-0.39, 0.29) is 18.2 Å². The van der Waals surface area contributed by atoms with Crippen LogP contribution in [0.3, 0.4) is 0 Å². The molecule has 1 aromatic carbocycles. The third-order valence-corrected chi connectivity index (χ3v) is 10.4. The van der Waals surface area contributed by atoms with Gasteiger partial charge in [-0.05, 0) is 61.4 Å². The molecule has 40 heavy (non-hydrogen) atoms. The lowest BCUT2D eigenvalue weighted by atomic mass is 10.1. The highest BCUT2D eigenvalue weighted by Gasteiger charge is 2.43. The Bertz CT molecular complexity index is 1390. The van der Waals surface area contributed by atoms with Gasteiger partial charge < -0.3 is 20.1 Å². The van der Waals surface area contributed by atoms with Crippen LogP contribution in [0.5, 0.6) is 5.06 Å². The zero-order valence-corrected chi connectivity index (χ0v) is 23.4. The van der Waals surface area contributed by atoms with Gasteiger partial charge in [-0.15, -0.1) is 11.8 Å². The van der Waals surface area contributed by atoms with E-state index >= 15 is 0 Å². The number of aromatic nitrogens is 2. The lowest BCUT2D eigenvalue weighted by molar-refractivity contribution is -0.137. The Hall–Kier alpha value is -2.54. The largest absolute Gasteiger partial charge is 0.483 e. The Kier molecular flexibility index (Phi) is 6.84. The van der Waals surface area contributed by atoms with Gasteiger partial charge in [-0.3, -0.25) is 4.90 Å². The highest BCUT2D eigenvalue weighted by atomic mass is 32.2. The van der Waals surface area contributed by atoms with Crippen molar-refractivity contribution >= 4 is 40.4 Å². The summed E-state index contributed by atoms with van der Waals surface area (Å²) in [6.45, 7) is 3.37. The van der Waals surface area contributed by atoms with Crippen molar-refractivity contribution in [1.82, 2.24) is 14.9 Å². The summed E-state index contributed by atoms with van der Waals surface area (Å²) >= 11 is 2.81. The number of aliphatic hydroxyl groups excluding tert-OH is 1. The molecule has 2 saturated heterocycles. The van der Waals surface area contributed by atoms with Crippen LogP contribution in [0.4, 0.5) is 30.5 Å². The van der Waals surface area contributed by atoms with E-state index in [9.17, 15) is 18.3 Å². The van der Waals surface area contributed by atoms with Gasteiger partial charge in [0.1, 0.15) is 5.56 Å². The van der Waals surface area contributed by atoms with E-state index < -0.39 is 11.7 Å². The summed E-state index contributed by atoms with van der Waals surface area (Å²) in [6, 6.07) is 8.99. The van der Waals surface area contributed by atoms with Gasteiger partial charge in [-0.2, -0.15) is 13.2 Å². The number of anilines is 3. The molecule has 3 aromatic rings. The van der Waals surface area contributed by atoms with Gasteiger partial charge in [0.2, 0.25) is 5.95 Å². The number of hydrogen-bond donors (Lipinski definition) is 2. The first-order chi connectivity index (χ1) is 19.4. The maximum atomic E-state index is 14.0. The van der Waals surface area contributed by atoms with E-state index in [1.807, 2.05) is 6.07 Å². The number of rotatable bonds is 7. The standard InChI is InChI=1S/C28H30F3N5O2S2/c29-28(30,31)21-13-32-27(34-25(21)23-12-24-26(40-23)38-8-1-9-39-24)33-22-5-4-17(11-20(22)16-2-3-16)36-15-18-10-19(36)14-35(18)6-7-37/h4-5,11-13,16,18-19,37H,1-3,6-10,14-15H2,(H,32,33,34). The first kappa shape index (κ1) is 26.4. The van der Waals surface area contributed by atoms with E-state index in [1.54, 1.807) is 17.8 Å².